The molecule has 0 radical (unpaired) electrons. The van der Waals surface area contributed by atoms with E-state index in [1.54, 1.807) is 0 Å². The number of furan rings is 1. The van der Waals surface area contributed by atoms with Crippen LogP contribution in [0.5, 0.6) is 0 Å². The fourth-order valence-corrected chi connectivity index (χ4v) is 7.39. The van der Waals surface area contributed by atoms with Gasteiger partial charge in [0.05, 0.1) is 11.1 Å². The van der Waals surface area contributed by atoms with Crippen molar-refractivity contribution in [3.05, 3.63) is 70.9 Å². The molecule has 0 saturated heterocycles. The van der Waals surface area contributed by atoms with Gasteiger partial charge in [0.2, 0.25) is 11.4 Å². The van der Waals surface area contributed by atoms with Crippen molar-refractivity contribution in [2.45, 2.75) is 96.3 Å². The summed E-state index contributed by atoms with van der Waals surface area (Å²) in [5.74, 6) is -0.472. The van der Waals surface area contributed by atoms with Crippen LogP contribution >= 0.6 is 0 Å². The summed E-state index contributed by atoms with van der Waals surface area (Å²) in [5, 5.41) is 3.36. The van der Waals surface area contributed by atoms with Gasteiger partial charge in [-0.25, -0.2) is 9.55 Å². The number of hydrogen-bond donors (Lipinski definition) is 0. The van der Waals surface area contributed by atoms with Crippen molar-refractivity contribution in [1.82, 2.24) is 4.98 Å². The summed E-state index contributed by atoms with van der Waals surface area (Å²) >= 11 is 0. The van der Waals surface area contributed by atoms with E-state index in [-0.39, 0.29) is 10.8 Å². The number of pyridine rings is 2. The Hall–Kier alpha value is -3.20. The van der Waals surface area contributed by atoms with Crippen LogP contribution in [-0.4, -0.2) is 4.98 Å². The zero-order chi connectivity index (χ0) is 28.0. The van der Waals surface area contributed by atoms with Gasteiger partial charge in [-0.1, -0.05) is 71.2 Å². The van der Waals surface area contributed by atoms with E-state index in [4.69, 9.17) is 10.8 Å². The van der Waals surface area contributed by atoms with Gasteiger partial charge < -0.3 is 4.42 Å². The van der Waals surface area contributed by atoms with Crippen molar-refractivity contribution < 1.29 is 10.4 Å². The number of rotatable bonds is 2. The predicted octanol–water partition coefficient (Wildman–Crippen LogP) is 9.33. The molecule has 2 aliphatic carbocycles. The Morgan fingerprint density at radius 2 is 1.69 bits per heavy atom. The lowest BCUT2D eigenvalue weighted by Gasteiger charge is -2.42. The van der Waals surface area contributed by atoms with E-state index in [1.807, 2.05) is 0 Å². The number of nitrogens with zero attached hydrogens (tertiary/aromatic N) is 2. The van der Waals surface area contributed by atoms with E-state index >= 15 is 0 Å². The second-order valence-corrected chi connectivity index (χ2v) is 13.5. The van der Waals surface area contributed by atoms with Crippen molar-refractivity contribution in [1.29, 1.82) is 0 Å². The minimum Gasteiger partial charge on any atom is -0.437 e. The SMILES string of the molecule is [2H]C1(c2ccc(-c3c(C)ccc4c3oc3nc5c6c(ccc5cc34)C(C)(C)CCC6(C)C)[n+](C)c2)CCCCC1. The molecule has 39 heavy (non-hydrogen) atoms. The molecule has 0 N–H and O–H groups in total. The Morgan fingerprint density at radius 3 is 2.46 bits per heavy atom. The van der Waals surface area contributed by atoms with Gasteiger partial charge in [-0.15, -0.1) is 0 Å². The number of aromatic nitrogens is 2. The van der Waals surface area contributed by atoms with E-state index < -0.39 is 5.89 Å². The highest BCUT2D eigenvalue weighted by molar-refractivity contribution is 6.11. The van der Waals surface area contributed by atoms with Gasteiger partial charge >= 0.3 is 0 Å². The fraction of sp³-hybridized carbons (Fsp3) is 0.444. The van der Waals surface area contributed by atoms with Crippen LogP contribution in [0.25, 0.3) is 44.2 Å². The van der Waals surface area contributed by atoms with Gasteiger partial charge in [-0.05, 0) is 78.2 Å². The Morgan fingerprint density at radius 1 is 0.923 bits per heavy atom. The van der Waals surface area contributed by atoms with Gasteiger partial charge in [0.25, 0.3) is 0 Å². The molecule has 2 aliphatic rings. The first-order valence-corrected chi connectivity index (χ1v) is 14.8. The van der Waals surface area contributed by atoms with Crippen LogP contribution in [0.4, 0.5) is 0 Å². The third-order valence-corrected chi connectivity index (χ3v) is 9.84. The van der Waals surface area contributed by atoms with E-state index in [0.717, 1.165) is 70.8 Å². The molecule has 200 valence electrons. The smallest absolute Gasteiger partial charge is 0.227 e. The molecule has 0 bridgehead atoms. The summed E-state index contributed by atoms with van der Waals surface area (Å²) in [5.41, 5.74) is 10.2. The van der Waals surface area contributed by atoms with Crippen LogP contribution in [0.3, 0.4) is 0 Å². The van der Waals surface area contributed by atoms with E-state index in [2.05, 4.69) is 94.9 Å². The van der Waals surface area contributed by atoms with E-state index in [1.165, 1.54) is 34.9 Å². The topological polar surface area (TPSA) is 29.9 Å². The first kappa shape index (κ1) is 23.7. The number of benzene rings is 2. The Kier molecular flexibility index (Phi) is 5.25. The molecule has 3 heterocycles. The van der Waals surface area contributed by atoms with Crippen molar-refractivity contribution in [2.24, 2.45) is 7.05 Å². The number of fused-ring (bicyclic) bond motifs is 6. The Bertz CT molecular complexity index is 1820. The van der Waals surface area contributed by atoms with E-state index in [0.29, 0.717) is 5.71 Å². The van der Waals surface area contributed by atoms with Crippen molar-refractivity contribution in [3.63, 3.8) is 0 Å². The first-order valence-electron chi connectivity index (χ1n) is 15.3. The molecular formula is C36H41N2O+. The quantitative estimate of drug-likeness (QED) is 0.218. The molecule has 0 aliphatic heterocycles. The van der Waals surface area contributed by atoms with Gasteiger partial charge in [-0.2, -0.15) is 0 Å². The van der Waals surface area contributed by atoms with Crippen LogP contribution in [0.15, 0.2) is 53.1 Å². The molecule has 1 fully saturated rings. The van der Waals surface area contributed by atoms with Crippen LogP contribution in [0.2, 0.25) is 0 Å². The average Bonchev–Trinajstić information content (AvgIpc) is 3.27. The Balaban J connectivity index is 1.44. The number of hydrogen-bond acceptors (Lipinski definition) is 2. The number of aryl methyl sites for hydroxylation is 2. The molecule has 3 nitrogen and oxygen atoms in total. The maximum absolute atomic E-state index is 9.13. The first-order chi connectivity index (χ1) is 19.0. The lowest BCUT2D eigenvalue weighted by molar-refractivity contribution is -0.660. The molecule has 2 aromatic carbocycles. The largest absolute Gasteiger partial charge is 0.437 e. The molecule has 0 amide bonds. The fourth-order valence-electron chi connectivity index (χ4n) is 7.39. The third kappa shape index (κ3) is 3.84. The lowest BCUT2D eigenvalue weighted by Crippen LogP contribution is -2.34. The molecule has 5 aromatic rings. The molecular weight excluding hydrogens is 476 g/mol. The van der Waals surface area contributed by atoms with Crippen molar-refractivity contribution >= 4 is 33.0 Å². The van der Waals surface area contributed by atoms with Crippen LogP contribution in [0.1, 0.15) is 102 Å². The van der Waals surface area contributed by atoms with Gasteiger partial charge in [0, 0.05) is 29.2 Å². The highest BCUT2D eigenvalue weighted by atomic mass is 16.3. The second-order valence-electron chi connectivity index (χ2n) is 13.5. The van der Waals surface area contributed by atoms with Gasteiger partial charge in [0.1, 0.15) is 7.05 Å². The standard InChI is InChI=1S/C36H41N2O/c1-22-12-15-26-27-20-24-13-16-28-31(36(4,5)19-18-35(28,2)3)32(24)37-34(27)39-33(26)30(22)29-17-14-25(21-38(29)6)23-10-8-7-9-11-23/h12-17,20-21,23H,7-11,18-19H2,1-6H3/q+1/i23D. The maximum atomic E-state index is 9.13. The summed E-state index contributed by atoms with van der Waals surface area (Å²) in [6.45, 7) is 11.6. The molecule has 0 atom stereocenters. The minimum absolute atomic E-state index is 0.0713. The summed E-state index contributed by atoms with van der Waals surface area (Å²) < 4.78 is 18.0. The van der Waals surface area contributed by atoms with Crippen molar-refractivity contribution in [2.75, 3.05) is 0 Å². The van der Waals surface area contributed by atoms with Crippen LogP contribution in [0, 0.1) is 6.92 Å². The average molecular weight is 519 g/mol. The van der Waals surface area contributed by atoms with Crippen LogP contribution < -0.4 is 4.57 Å². The highest BCUT2D eigenvalue weighted by Gasteiger charge is 2.39. The zero-order valence-corrected chi connectivity index (χ0v) is 24.4. The van der Waals surface area contributed by atoms with Crippen LogP contribution in [-0.2, 0) is 17.9 Å². The molecule has 7 rings (SSSR count). The molecule has 3 heteroatoms. The predicted molar refractivity (Wildman–Crippen MR) is 161 cm³/mol. The summed E-state index contributed by atoms with van der Waals surface area (Å²) in [6, 6.07) is 15.7. The Labute approximate surface area is 233 Å². The van der Waals surface area contributed by atoms with Gasteiger partial charge in [0.15, 0.2) is 11.8 Å². The molecule has 3 aromatic heterocycles. The maximum Gasteiger partial charge on any atom is 0.227 e. The molecule has 0 spiro atoms. The zero-order valence-electron chi connectivity index (χ0n) is 25.4. The summed E-state index contributed by atoms with van der Waals surface area (Å²) in [4.78, 5) is 5.26. The minimum atomic E-state index is -0.472. The molecule has 1 saturated carbocycles. The summed E-state index contributed by atoms with van der Waals surface area (Å²) in [7, 11) is 2.11. The van der Waals surface area contributed by atoms with Gasteiger partial charge in [-0.3, -0.25) is 0 Å². The lowest BCUT2D eigenvalue weighted by atomic mass is 9.62. The molecule has 0 unspecified atom stereocenters. The third-order valence-electron chi connectivity index (χ3n) is 9.84. The highest BCUT2D eigenvalue weighted by Crippen LogP contribution is 2.49. The second kappa shape index (κ2) is 8.65. The monoisotopic (exact) mass is 518 g/mol. The summed E-state index contributed by atoms with van der Waals surface area (Å²) in [6.07, 6.45) is 9.95. The normalized spacial score (nSPS) is 20.3. The van der Waals surface area contributed by atoms with Crippen molar-refractivity contribution in [3.8, 4) is 11.3 Å². The van der Waals surface area contributed by atoms with E-state index in [9.17, 15) is 0 Å².